The first-order valence-corrected chi connectivity index (χ1v) is 9.69. The molecule has 1 aliphatic heterocycles. The Morgan fingerprint density at radius 2 is 2.00 bits per heavy atom. The number of carbonyl (C=O) groups excluding carboxylic acids is 1. The lowest BCUT2D eigenvalue weighted by atomic mass is 9.75. The number of aliphatic hydroxyl groups is 2. The van der Waals surface area contributed by atoms with Gasteiger partial charge in [0, 0.05) is 24.7 Å². The maximum absolute atomic E-state index is 12.9. The maximum atomic E-state index is 12.9. The molecule has 0 spiro atoms. The van der Waals surface area contributed by atoms with Crippen LogP contribution >= 0.6 is 0 Å². The summed E-state index contributed by atoms with van der Waals surface area (Å²) in [5, 5.41) is 24.7. The summed E-state index contributed by atoms with van der Waals surface area (Å²) in [4.78, 5) is 19.6. The van der Waals surface area contributed by atoms with Crippen LogP contribution in [-0.2, 0) is 4.79 Å². The molecule has 1 unspecified atom stereocenters. The summed E-state index contributed by atoms with van der Waals surface area (Å²) < 4.78 is 0. The fourth-order valence-electron chi connectivity index (χ4n) is 4.12. The quantitative estimate of drug-likeness (QED) is 0.763. The minimum absolute atomic E-state index is 0.154. The smallest absolute Gasteiger partial charge is 0.252 e. The molecule has 2 aliphatic rings. The first-order chi connectivity index (χ1) is 12.9. The predicted molar refractivity (Wildman–Crippen MR) is 103 cm³/mol. The van der Waals surface area contributed by atoms with Crippen LogP contribution in [0.15, 0.2) is 36.5 Å². The zero-order chi connectivity index (χ0) is 19.0. The summed E-state index contributed by atoms with van der Waals surface area (Å²) in [6, 6.07) is 9.69. The summed E-state index contributed by atoms with van der Waals surface area (Å²) >= 11 is 0. The van der Waals surface area contributed by atoms with Crippen molar-refractivity contribution < 1.29 is 15.0 Å². The van der Waals surface area contributed by atoms with Gasteiger partial charge in [0.1, 0.15) is 5.60 Å². The topological polar surface area (TPSA) is 85.7 Å². The molecule has 1 aromatic heterocycles. The number of hydrogen-bond acceptors (Lipinski definition) is 5. The SMILES string of the molecule is CN1CCC(O)(C(=O)NC(c2cnc3ccccc3c2)C2CC(O)C2)CC1. The molecule has 0 bridgehead atoms. The van der Waals surface area contributed by atoms with Crippen LogP contribution in [0.4, 0.5) is 0 Å². The van der Waals surface area contributed by atoms with Crippen LogP contribution in [0.25, 0.3) is 10.9 Å². The number of carbonyl (C=O) groups is 1. The molecule has 27 heavy (non-hydrogen) atoms. The number of hydrogen-bond donors (Lipinski definition) is 3. The average Bonchev–Trinajstić information content (AvgIpc) is 2.66. The van der Waals surface area contributed by atoms with E-state index in [4.69, 9.17) is 0 Å². The van der Waals surface area contributed by atoms with Crippen LogP contribution in [0.1, 0.15) is 37.3 Å². The van der Waals surface area contributed by atoms with Crippen molar-refractivity contribution in [2.75, 3.05) is 20.1 Å². The zero-order valence-electron chi connectivity index (χ0n) is 15.6. The maximum Gasteiger partial charge on any atom is 0.252 e. The van der Waals surface area contributed by atoms with Crippen molar-refractivity contribution in [2.24, 2.45) is 5.92 Å². The Labute approximate surface area is 159 Å². The van der Waals surface area contributed by atoms with E-state index in [9.17, 15) is 15.0 Å². The molecule has 1 atom stereocenters. The summed E-state index contributed by atoms with van der Waals surface area (Å²) in [6.45, 7) is 1.41. The van der Waals surface area contributed by atoms with Crippen molar-refractivity contribution in [3.63, 3.8) is 0 Å². The molecule has 6 nitrogen and oxygen atoms in total. The van der Waals surface area contributed by atoms with Gasteiger partial charge in [0.25, 0.3) is 5.91 Å². The van der Waals surface area contributed by atoms with Crippen LogP contribution in [0.5, 0.6) is 0 Å². The number of para-hydroxylation sites is 1. The van der Waals surface area contributed by atoms with Crippen molar-refractivity contribution in [2.45, 2.75) is 43.4 Å². The van der Waals surface area contributed by atoms with Gasteiger partial charge in [0.2, 0.25) is 0 Å². The Morgan fingerprint density at radius 3 is 2.70 bits per heavy atom. The van der Waals surface area contributed by atoms with Gasteiger partial charge < -0.3 is 20.4 Å². The Hall–Kier alpha value is -2.02. The van der Waals surface area contributed by atoms with Crippen LogP contribution in [-0.4, -0.2) is 57.8 Å². The molecule has 1 amide bonds. The van der Waals surface area contributed by atoms with E-state index in [0.29, 0.717) is 38.8 Å². The molecule has 144 valence electrons. The molecule has 1 saturated heterocycles. The van der Waals surface area contributed by atoms with E-state index in [1.807, 2.05) is 31.3 Å². The van der Waals surface area contributed by atoms with Crippen molar-refractivity contribution in [1.82, 2.24) is 15.2 Å². The van der Waals surface area contributed by atoms with Gasteiger partial charge in [-0.15, -0.1) is 0 Å². The summed E-state index contributed by atoms with van der Waals surface area (Å²) in [6.07, 6.45) is 3.67. The van der Waals surface area contributed by atoms with Crippen molar-refractivity contribution in [3.05, 3.63) is 42.1 Å². The fourth-order valence-corrected chi connectivity index (χ4v) is 4.12. The van der Waals surface area contributed by atoms with Crippen LogP contribution in [0.2, 0.25) is 0 Å². The van der Waals surface area contributed by atoms with Gasteiger partial charge in [0.05, 0.1) is 17.7 Å². The van der Waals surface area contributed by atoms with E-state index >= 15 is 0 Å². The third kappa shape index (κ3) is 3.70. The van der Waals surface area contributed by atoms with Crippen LogP contribution in [0.3, 0.4) is 0 Å². The summed E-state index contributed by atoms with van der Waals surface area (Å²) in [7, 11) is 2.00. The number of amides is 1. The molecule has 2 heterocycles. The molecule has 3 N–H and O–H groups in total. The van der Waals surface area contributed by atoms with E-state index < -0.39 is 5.60 Å². The molecule has 0 radical (unpaired) electrons. The van der Waals surface area contributed by atoms with Gasteiger partial charge in [-0.05, 0) is 56.3 Å². The van der Waals surface area contributed by atoms with Gasteiger partial charge in [-0.1, -0.05) is 18.2 Å². The minimum atomic E-state index is -1.32. The van der Waals surface area contributed by atoms with Crippen LogP contribution < -0.4 is 5.32 Å². The normalized spacial score (nSPS) is 26.3. The average molecular weight is 369 g/mol. The van der Waals surface area contributed by atoms with E-state index in [1.54, 1.807) is 6.20 Å². The van der Waals surface area contributed by atoms with Crippen molar-refractivity contribution >= 4 is 16.8 Å². The molecule has 4 rings (SSSR count). The lowest BCUT2D eigenvalue weighted by Gasteiger charge is -2.41. The monoisotopic (exact) mass is 369 g/mol. The molecule has 1 saturated carbocycles. The number of aromatic nitrogens is 1. The number of fused-ring (bicyclic) bond motifs is 1. The first kappa shape index (κ1) is 18.3. The lowest BCUT2D eigenvalue weighted by molar-refractivity contribution is -0.146. The van der Waals surface area contributed by atoms with Gasteiger partial charge in [-0.2, -0.15) is 0 Å². The predicted octanol–water partition coefficient (Wildman–Crippen LogP) is 1.62. The number of nitrogens with zero attached hydrogens (tertiary/aromatic N) is 2. The number of piperidine rings is 1. The number of nitrogens with one attached hydrogen (secondary N) is 1. The highest BCUT2D eigenvalue weighted by atomic mass is 16.3. The second-order valence-electron chi connectivity index (χ2n) is 8.13. The number of pyridine rings is 1. The van der Waals surface area contributed by atoms with Gasteiger partial charge >= 0.3 is 0 Å². The van der Waals surface area contributed by atoms with Crippen molar-refractivity contribution in [1.29, 1.82) is 0 Å². The van der Waals surface area contributed by atoms with E-state index in [-0.39, 0.29) is 24.0 Å². The third-order valence-corrected chi connectivity index (χ3v) is 6.12. The minimum Gasteiger partial charge on any atom is -0.393 e. The Balaban J connectivity index is 1.58. The van der Waals surface area contributed by atoms with E-state index in [1.165, 1.54) is 0 Å². The van der Waals surface area contributed by atoms with E-state index in [0.717, 1.165) is 16.5 Å². The summed E-state index contributed by atoms with van der Waals surface area (Å²) in [5.74, 6) is -0.156. The molecule has 1 aromatic carbocycles. The van der Waals surface area contributed by atoms with Crippen LogP contribution in [0, 0.1) is 5.92 Å². The lowest BCUT2D eigenvalue weighted by Crippen LogP contribution is -2.55. The number of rotatable bonds is 4. The highest BCUT2D eigenvalue weighted by Gasteiger charge is 2.42. The number of likely N-dealkylation sites (tertiary alicyclic amines) is 1. The molecular formula is C21H27N3O3. The number of aliphatic hydroxyl groups excluding tert-OH is 1. The third-order valence-electron chi connectivity index (χ3n) is 6.12. The standard InChI is InChI=1S/C21H27N3O3/c1-24-8-6-21(27,7-9-24)20(26)23-19(15-11-17(25)12-15)16-10-14-4-2-3-5-18(14)22-13-16/h2-5,10,13,15,17,19,25,27H,6-9,11-12H2,1H3,(H,23,26). The zero-order valence-corrected chi connectivity index (χ0v) is 15.6. The highest BCUT2D eigenvalue weighted by Crippen LogP contribution is 2.39. The first-order valence-electron chi connectivity index (χ1n) is 9.69. The fraction of sp³-hybridized carbons (Fsp3) is 0.524. The Bertz CT molecular complexity index is 826. The largest absolute Gasteiger partial charge is 0.393 e. The van der Waals surface area contributed by atoms with E-state index in [2.05, 4.69) is 21.3 Å². The summed E-state index contributed by atoms with van der Waals surface area (Å²) in [5.41, 5.74) is 0.515. The molecule has 2 aromatic rings. The van der Waals surface area contributed by atoms with Gasteiger partial charge in [-0.25, -0.2) is 0 Å². The highest BCUT2D eigenvalue weighted by molar-refractivity contribution is 5.86. The Morgan fingerprint density at radius 1 is 1.30 bits per heavy atom. The second kappa shape index (κ2) is 7.19. The van der Waals surface area contributed by atoms with Crippen molar-refractivity contribution in [3.8, 4) is 0 Å². The molecule has 6 heteroatoms. The van der Waals surface area contributed by atoms with Gasteiger partial charge in [0.15, 0.2) is 0 Å². The Kier molecular flexibility index (Phi) is 4.88. The molecular weight excluding hydrogens is 342 g/mol. The van der Waals surface area contributed by atoms with Gasteiger partial charge in [-0.3, -0.25) is 9.78 Å². The molecule has 1 aliphatic carbocycles. The molecule has 2 fully saturated rings. The number of benzene rings is 1. The second-order valence-corrected chi connectivity index (χ2v) is 8.13.